The van der Waals surface area contributed by atoms with Gasteiger partial charge >= 0.3 is 5.97 Å². The van der Waals surface area contributed by atoms with E-state index in [1.807, 2.05) is 12.1 Å². The number of ether oxygens (including phenoxy) is 1. The molecular weight excluding hydrogens is 286 g/mol. The van der Waals surface area contributed by atoms with Crippen LogP contribution in [-0.2, 0) is 11.3 Å². The third kappa shape index (κ3) is 2.56. The van der Waals surface area contributed by atoms with E-state index in [1.54, 1.807) is 30.1 Å². The summed E-state index contributed by atoms with van der Waals surface area (Å²) in [6.45, 7) is 2.51. The van der Waals surface area contributed by atoms with Gasteiger partial charge in [0.15, 0.2) is 5.69 Å². The van der Waals surface area contributed by atoms with Crippen LogP contribution in [0.5, 0.6) is 0 Å². The van der Waals surface area contributed by atoms with Crippen molar-refractivity contribution in [3.8, 4) is 11.3 Å². The monoisotopic (exact) mass is 301 g/mol. The molecule has 3 rings (SSSR count). The third-order valence-corrected chi connectivity index (χ3v) is 3.15. The van der Waals surface area contributed by atoms with E-state index in [9.17, 15) is 4.79 Å². The average Bonchev–Trinajstić information content (AvgIpc) is 3.13. The molecule has 0 aliphatic rings. The number of nitrogens with zero attached hydrogens (tertiary/aromatic N) is 5. The molecule has 0 amide bonds. The second kappa shape index (κ2) is 5.94. The minimum atomic E-state index is -0.488. The molecule has 0 spiro atoms. The van der Waals surface area contributed by atoms with Crippen LogP contribution in [0.3, 0.4) is 0 Å². The first kappa shape index (κ1) is 14.2. The van der Waals surface area contributed by atoms with Gasteiger partial charge < -0.3 is 9.84 Å². The standard InChI is InChI=1S/C14H15N5O3/c1-2-22-14(21)13-12-4-3-10(9-19(12)17-15-13)11-5-6-18(16-11)7-8-20/h3-6,9,20H,2,7-8H2,1H3. The minimum absolute atomic E-state index is 0.0339. The lowest BCUT2D eigenvalue weighted by Gasteiger charge is -2.00. The van der Waals surface area contributed by atoms with Crippen molar-refractivity contribution in [3.63, 3.8) is 0 Å². The normalized spacial score (nSPS) is 11.0. The number of esters is 1. The largest absolute Gasteiger partial charge is 0.461 e. The van der Waals surface area contributed by atoms with E-state index in [2.05, 4.69) is 15.4 Å². The van der Waals surface area contributed by atoms with Gasteiger partial charge in [0, 0.05) is 18.0 Å². The van der Waals surface area contributed by atoms with Gasteiger partial charge in [0.25, 0.3) is 0 Å². The molecule has 0 unspecified atom stereocenters. The van der Waals surface area contributed by atoms with Crippen LogP contribution < -0.4 is 0 Å². The Morgan fingerprint density at radius 3 is 3.00 bits per heavy atom. The number of aliphatic hydroxyl groups excluding tert-OH is 1. The molecule has 0 atom stereocenters. The third-order valence-electron chi connectivity index (χ3n) is 3.15. The lowest BCUT2D eigenvalue weighted by atomic mass is 10.2. The summed E-state index contributed by atoms with van der Waals surface area (Å²) in [5.74, 6) is -0.488. The van der Waals surface area contributed by atoms with Gasteiger partial charge in [-0.2, -0.15) is 5.10 Å². The summed E-state index contributed by atoms with van der Waals surface area (Å²) in [6, 6.07) is 5.44. The quantitative estimate of drug-likeness (QED) is 0.699. The molecule has 0 aliphatic heterocycles. The van der Waals surface area contributed by atoms with Crippen LogP contribution in [0.25, 0.3) is 16.8 Å². The van der Waals surface area contributed by atoms with E-state index in [1.165, 1.54) is 4.52 Å². The molecule has 3 aromatic rings. The Hall–Kier alpha value is -2.74. The Labute approximate surface area is 125 Å². The second-order valence-corrected chi connectivity index (χ2v) is 4.59. The van der Waals surface area contributed by atoms with E-state index in [4.69, 9.17) is 9.84 Å². The fraction of sp³-hybridized carbons (Fsp3) is 0.286. The number of pyridine rings is 1. The highest BCUT2D eigenvalue weighted by atomic mass is 16.5. The first-order valence-electron chi connectivity index (χ1n) is 6.90. The van der Waals surface area contributed by atoms with Crippen molar-refractivity contribution in [2.75, 3.05) is 13.2 Å². The molecule has 0 saturated carbocycles. The summed E-state index contributed by atoms with van der Waals surface area (Å²) < 4.78 is 8.12. The maximum atomic E-state index is 11.8. The molecule has 0 aliphatic carbocycles. The van der Waals surface area contributed by atoms with Gasteiger partial charge in [-0.25, -0.2) is 9.31 Å². The van der Waals surface area contributed by atoms with Crippen molar-refractivity contribution in [3.05, 3.63) is 36.3 Å². The second-order valence-electron chi connectivity index (χ2n) is 4.59. The van der Waals surface area contributed by atoms with Gasteiger partial charge in [0.1, 0.15) is 5.52 Å². The molecule has 0 fully saturated rings. The van der Waals surface area contributed by atoms with Crippen LogP contribution in [0.15, 0.2) is 30.6 Å². The molecule has 0 saturated heterocycles. The van der Waals surface area contributed by atoms with Gasteiger partial charge in [0.05, 0.1) is 25.5 Å². The fourth-order valence-corrected chi connectivity index (χ4v) is 2.13. The zero-order valence-electron chi connectivity index (χ0n) is 12.0. The van der Waals surface area contributed by atoms with E-state index in [0.717, 1.165) is 11.3 Å². The summed E-state index contributed by atoms with van der Waals surface area (Å²) in [5.41, 5.74) is 2.37. The predicted molar refractivity (Wildman–Crippen MR) is 77.3 cm³/mol. The zero-order chi connectivity index (χ0) is 15.5. The SMILES string of the molecule is CCOC(=O)c1nnn2cc(-c3ccn(CCO)n3)ccc12. The lowest BCUT2D eigenvalue weighted by Crippen LogP contribution is -2.05. The molecule has 1 N–H and O–H groups in total. The molecule has 8 nitrogen and oxygen atoms in total. The predicted octanol–water partition coefficient (Wildman–Crippen LogP) is 0.762. The highest BCUT2D eigenvalue weighted by Crippen LogP contribution is 2.19. The smallest absolute Gasteiger partial charge is 0.361 e. The molecule has 22 heavy (non-hydrogen) atoms. The van der Waals surface area contributed by atoms with Gasteiger partial charge in [-0.15, -0.1) is 5.10 Å². The molecule has 114 valence electrons. The van der Waals surface area contributed by atoms with Gasteiger partial charge in [-0.1, -0.05) is 5.21 Å². The van der Waals surface area contributed by atoms with Crippen molar-refractivity contribution in [1.82, 2.24) is 24.6 Å². The highest BCUT2D eigenvalue weighted by Gasteiger charge is 2.16. The first-order chi connectivity index (χ1) is 10.7. The number of hydrogen-bond donors (Lipinski definition) is 1. The molecule has 8 heteroatoms. The maximum Gasteiger partial charge on any atom is 0.361 e. The van der Waals surface area contributed by atoms with Crippen molar-refractivity contribution in [2.45, 2.75) is 13.5 Å². The average molecular weight is 301 g/mol. The van der Waals surface area contributed by atoms with Crippen molar-refractivity contribution in [1.29, 1.82) is 0 Å². The van der Waals surface area contributed by atoms with Crippen LogP contribution in [0.4, 0.5) is 0 Å². The summed E-state index contributed by atoms with van der Waals surface area (Å²) in [7, 11) is 0. The Bertz CT molecular complexity index is 808. The number of rotatable bonds is 5. The summed E-state index contributed by atoms with van der Waals surface area (Å²) in [6.07, 6.45) is 3.54. The topological polar surface area (TPSA) is 94.5 Å². The Morgan fingerprint density at radius 2 is 2.23 bits per heavy atom. The maximum absolute atomic E-state index is 11.8. The number of aromatic nitrogens is 5. The summed E-state index contributed by atoms with van der Waals surface area (Å²) in [4.78, 5) is 11.8. The van der Waals surface area contributed by atoms with Gasteiger partial charge in [-0.05, 0) is 25.1 Å². The van der Waals surface area contributed by atoms with Gasteiger partial charge in [-0.3, -0.25) is 4.68 Å². The zero-order valence-corrected chi connectivity index (χ0v) is 12.0. The molecule has 3 heterocycles. The van der Waals surface area contributed by atoms with Crippen molar-refractivity contribution >= 4 is 11.5 Å². The Kier molecular flexibility index (Phi) is 3.84. The van der Waals surface area contributed by atoms with E-state index >= 15 is 0 Å². The minimum Gasteiger partial charge on any atom is -0.461 e. The van der Waals surface area contributed by atoms with E-state index in [0.29, 0.717) is 12.1 Å². The summed E-state index contributed by atoms with van der Waals surface area (Å²) in [5, 5.41) is 21.1. The molecular formula is C14H15N5O3. The number of aliphatic hydroxyl groups is 1. The van der Waals surface area contributed by atoms with Crippen LogP contribution in [0, 0.1) is 0 Å². The van der Waals surface area contributed by atoms with Crippen molar-refractivity contribution in [2.24, 2.45) is 0 Å². The van der Waals surface area contributed by atoms with Crippen LogP contribution >= 0.6 is 0 Å². The van der Waals surface area contributed by atoms with E-state index in [-0.39, 0.29) is 18.9 Å². The van der Waals surface area contributed by atoms with Crippen molar-refractivity contribution < 1.29 is 14.6 Å². The van der Waals surface area contributed by atoms with Crippen LogP contribution in [-0.4, -0.2) is 48.9 Å². The fourth-order valence-electron chi connectivity index (χ4n) is 2.13. The highest BCUT2D eigenvalue weighted by molar-refractivity contribution is 5.94. The number of hydrogen-bond acceptors (Lipinski definition) is 6. The lowest BCUT2D eigenvalue weighted by molar-refractivity contribution is 0.0521. The Morgan fingerprint density at radius 1 is 1.36 bits per heavy atom. The van der Waals surface area contributed by atoms with Crippen LogP contribution in [0.2, 0.25) is 0 Å². The molecule has 0 aromatic carbocycles. The number of fused-ring (bicyclic) bond motifs is 1. The van der Waals surface area contributed by atoms with Gasteiger partial charge in [0.2, 0.25) is 0 Å². The first-order valence-corrected chi connectivity index (χ1v) is 6.90. The Balaban J connectivity index is 1.94. The molecule has 0 bridgehead atoms. The summed E-state index contributed by atoms with van der Waals surface area (Å²) >= 11 is 0. The van der Waals surface area contributed by atoms with E-state index < -0.39 is 5.97 Å². The molecule has 0 radical (unpaired) electrons. The molecule has 3 aromatic heterocycles. The van der Waals surface area contributed by atoms with Crippen LogP contribution in [0.1, 0.15) is 17.4 Å². The number of carbonyl (C=O) groups excluding carboxylic acids is 1. The number of carbonyl (C=O) groups is 1.